The maximum absolute atomic E-state index is 2.48. The van der Waals surface area contributed by atoms with Gasteiger partial charge in [0.1, 0.15) is 0 Å². The lowest BCUT2D eigenvalue weighted by Gasteiger charge is -2.30. The number of nitrogens with zero attached hydrogens (tertiary/aromatic N) is 2. The monoisotopic (exact) mass is 818 g/mol. The van der Waals surface area contributed by atoms with Crippen molar-refractivity contribution < 1.29 is 0 Å². The van der Waals surface area contributed by atoms with Gasteiger partial charge in [-0.3, -0.25) is 0 Å². The molecule has 13 aromatic rings. The normalized spacial score (nSPS) is 11.8. The van der Waals surface area contributed by atoms with E-state index >= 15 is 0 Å². The third-order valence-electron chi connectivity index (χ3n) is 13.0. The van der Waals surface area contributed by atoms with Gasteiger partial charge >= 0.3 is 0 Å². The van der Waals surface area contributed by atoms with Crippen molar-refractivity contribution in [1.82, 2.24) is 4.57 Å². The average Bonchev–Trinajstić information content (AvgIpc) is 3.90. The van der Waals surface area contributed by atoms with Crippen LogP contribution in [0.3, 0.4) is 0 Å². The molecule has 3 heteroatoms. The summed E-state index contributed by atoms with van der Waals surface area (Å²) in [7, 11) is 0. The standard InChI is InChI=1S/C60H38N2S/c1-4-21-45-39(15-1)18-13-29-53(45)62(54-30-14-19-40-16-2-5-22-46(40)54)56-28-12-9-25-49(56)48-24-8-7-20-44(48)42-31-34-51-50-26-10-11-27-55(50)61(57(51)37-42)43-33-36-58-52(38-43)60-47-23-6-3-17-41(47)32-35-59(60)63-58/h1-38H. The maximum Gasteiger partial charge on any atom is 0.0547 e. The van der Waals surface area contributed by atoms with Gasteiger partial charge in [-0.05, 0) is 92.8 Å². The molecule has 0 aliphatic heterocycles. The highest BCUT2D eigenvalue weighted by atomic mass is 32.1. The van der Waals surface area contributed by atoms with Crippen LogP contribution < -0.4 is 4.90 Å². The Kier molecular flexibility index (Phi) is 8.12. The number of hydrogen-bond donors (Lipinski definition) is 0. The highest BCUT2D eigenvalue weighted by Crippen LogP contribution is 2.48. The van der Waals surface area contributed by atoms with E-state index in [2.05, 4.69) is 240 Å². The number of benzene rings is 11. The van der Waals surface area contributed by atoms with Crippen molar-refractivity contribution in [3.63, 3.8) is 0 Å². The maximum atomic E-state index is 2.48. The van der Waals surface area contributed by atoms with Gasteiger partial charge in [0, 0.05) is 53.0 Å². The molecule has 0 unspecified atom stereocenters. The SMILES string of the molecule is c1ccc(-c2ccccc2N(c2cccc3ccccc23)c2cccc3ccccc23)c(-c2ccc3c4ccccc4n(-c4ccc5sc6ccc7ccccc7c6c5c4)c3c2)c1. The smallest absolute Gasteiger partial charge is 0.0547 e. The minimum absolute atomic E-state index is 1.12. The third-order valence-corrected chi connectivity index (χ3v) is 14.1. The van der Waals surface area contributed by atoms with Crippen molar-refractivity contribution >= 4 is 103 Å². The van der Waals surface area contributed by atoms with Crippen molar-refractivity contribution in [3.05, 3.63) is 231 Å². The first kappa shape index (κ1) is 35.7. The van der Waals surface area contributed by atoms with E-state index in [1.807, 2.05) is 11.3 Å². The van der Waals surface area contributed by atoms with E-state index < -0.39 is 0 Å². The van der Waals surface area contributed by atoms with Crippen LogP contribution in [0.4, 0.5) is 17.1 Å². The lowest BCUT2D eigenvalue weighted by molar-refractivity contribution is 1.19. The van der Waals surface area contributed by atoms with Gasteiger partial charge in [-0.2, -0.15) is 0 Å². The Bertz CT molecular complexity index is 3860. The van der Waals surface area contributed by atoms with Gasteiger partial charge in [-0.1, -0.05) is 176 Å². The van der Waals surface area contributed by atoms with Gasteiger partial charge in [-0.15, -0.1) is 11.3 Å². The molecule has 0 radical (unpaired) electrons. The van der Waals surface area contributed by atoms with E-state index in [9.17, 15) is 0 Å². The first-order valence-corrected chi connectivity index (χ1v) is 22.4. The van der Waals surface area contributed by atoms with E-state index in [1.165, 1.54) is 91.0 Å². The average molecular weight is 819 g/mol. The van der Waals surface area contributed by atoms with Crippen molar-refractivity contribution in [2.45, 2.75) is 0 Å². The second-order valence-electron chi connectivity index (χ2n) is 16.4. The molecule has 294 valence electrons. The highest BCUT2D eigenvalue weighted by molar-refractivity contribution is 7.26. The van der Waals surface area contributed by atoms with Crippen LogP contribution in [0.5, 0.6) is 0 Å². The zero-order valence-corrected chi connectivity index (χ0v) is 35.1. The first-order chi connectivity index (χ1) is 31.3. The van der Waals surface area contributed by atoms with Gasteiger partial charge in [0.25, 0.3) is 0 Å². The van der Waals surface area contributed by atoms with Crippen LogP contribution in [0.15, 0.2) is 231 Å². The summed E-state index contributed by atoms with van der Waals surface area (Å²) in [6.07, 6.45) is 0. The molecule has 0 aliphatic rings. The molecule has 63 heavy (non-hydrogen) atoms. The molecule has 0 spiro atoms. The summed E-state index contributed by atoms with van der Waals surface area (Å²) in [5.41, 5.74) is 11.7. The van der Waals surface area contributed by atoms with Crippen molar-refractivity contribution in [2.75, 3.05) is 4.90 Å². The fourth-order valence-corrected chi connectivity index (χ4v) is 11.3. The van der Waals surface area contributed by atoms with Crippen LogP contribution in [0.2, 0.25) is 0 Å². The largest absolute Gasteiger partial charge is 0.309 e. The Morgan fingerprint density at radius 2 is 0.857 bits per heavy atom. The quantitative estimate of drug-likeness (QED) is 0.162. The fourth-order valence-electron chi connectivity index (χ4n) is 10.2. The summed E-state index contributed by atoms with van der Waals surface area (Å²) in [4.78, 5) is 2.48. The van der Waals surface area contributed by atoms with E-state index in [4.69, 9.17) is 0 Å². The summed E-state index contributed by atoms with van der Waals surface area (Å²) in [5, 5.41) is 12.5. The number of thiophene rings is 1. The van der Waals surface area contributed by atoms with E-state index in [0.29, 0.717) is 0 Å². The molecule has 0 saturated heterocycles. The number of aromatic nitrogens is 1. The van der Waals surface area contributed by atoms with Crippen LogP contribution in [-0.2, 0) is 0 Å². The van der Waals surface area contributed by atoms with Gasteiger partial charge in [0.05, 0.1) is 28.1 Å². The number of rotatable bonds is 6. The third kappa shape index (κ3) is 5.64. The molecule has 0 atom stereocenters. The Morgan fingerprint density at radius 1 is 0.317 bits per heavy atom. The molecule has 2 heterocycles. The van der Waals surface area contributed by atoms with Crippen LogP contribution >= 0.6 is 11.3 Å². The molecule has 0 fully saturated rings. The number of hydrogen-bond acceptors (Lipinski definition) is 2. The first-order valence-electron chi connectivity index (χ1n) is 21.6. The van der Waals surface area contributed by atoms with Crippen LogP contribution in [0.25, 0.3) is 102 Å². The van der Waals surface area contributed by atoms with E-state index in [1.54, 1.807) is 0 Å². The van der Waals surface area contributed by atoms with Gasteiger partial charge in [0.15, 0.2) is 0 Å². The Morgan fingerprint density at radius 3 is 1.60 bits per heavy atom. The van der Waals surface area contributed by atoms with Crippen LogP contribution in [0, 0.1) is 0 Å². The van der Waals surface area contributed by atoms with Gasteiger partial charge in [-0.25, -0.2) is 0 Å². The summed E-state index contributed by atoms with van der Waals surface area (Å²) in [5.74, 6) is 0. The summed E-state index contributed by atoms with van der Waals surface area (Å²) < 4.78 is 5.10. The molecule has 13 rings (SSSR count). The molecule has 11 aromatic carbocycles. The van der Waals surface area contributed by atoms with Gasteiger partial charge in [0.2, 0.25) is 0 Å². The molecule has 0 saturated carbocycles. The van der Waals surface area contributed by atoms with Crippen molar-refractivity contribution in [3.8, 4) is 27.9 Å². The second-order valence-corrected chi connectivity index (χ2v) is 17.5. The predicted octanol–water partition coefficient (Wildman–Crippen LogP) is 17.4. The summed E-state index contributed by atoms with van der Waals surface area (Å²) in [6, 6.07) is 84.8. The zero-order valence-electron chi connectivity index (χ0n) is 34.2. The topological polar surface area (TPSA) is 8.17 Å². The van der Waals surface area contributed by atoms with Crippen molar-refractivity contribution in [2.24, 2.45) is 0 Å². The minimum atomic E-state index is 1.12. The summed E-state index contributed by atoms with van der Waals surface area (Å²) in [6.45, 7) is 0. The van der Waals surface area contributed by atoms with Crippen LogP contribution in [-0.4, -0.2) is 4.57 Å². The molecular formula is C60H38N2S. The minimum Gasteiger partial charge on any atom is -0.309 e. The number of para-hydroxylation sites is 2. The summed E-state index contributed by atoms with van der Waals surface area (Å²) >= 11 is 1.88. The Hall–Kier alpha value is -7.98. The molecule has 0 aliphatic carbocycles. The molecule has 2 aromatic heterocycles. The molecule has 0 bridgehead atoms. The molecule has 0 amide bonds. The zero-order chi connectivity index (χ0) is 41.4. The Balaban J connectivity index is 1.03. The lowest BCUT2D eigenvalue weighted by atomic mass is 9.92. The molecular weight excluding hydrogens is 781 g/mol. The van der Waals surface area contributed by atoms with Crippen molar-refractivity contribution in [1.29, 1.82) is 0 Å². The number of anilines is 3. The van der Waals surface area contributed by atoms with Gasteiger partial charge < -0.3 is 9.47 Å². The van der Waals surface area contributed by atoms with Crippen LogP contribution in [0.1, 0.15) is 0 Å². The fraction of sp³-hybridized carbons (Fsp3) is 0. The predicted molar refractivity (Wildman–Crippen MR) is 272 cm³/mol. The molecule has 2 nitrogen and oxygen atoms in total. The molecule has 0 N–H and O–H groups in total. The Labute approximate surface area is 368 Å². The lowest BCUT2D eigenvalue weighted by Crippen LogP contribution is -2.12. The number of fused-ring (bicyclic) bond motifs is 10. The van der Waals surface area contributed by atoms with E-state index in [0.717, 1.165) is 28.3 Å². The highest BCUT2D eigenvalue weighted by Gasteiger charge is 2.23. The van der Waals surface area contributed by atoms with E-state index in [-0.39, 0.29) is 0 Å². The second kappa shape index (κ2) is 14.3.